The summed E-state index contributed by atoms with van der Waals surface area (Å²) in [4.78, 5) is 0. The van der Waals surface area contributed by atoms with Gasteiger partial charge in [-0.2, -0.15) is 0 Å². The summed E-state index contributed by atoms with van der Waals surface area (Å²) in [5.74, 6) is 0.924. The largest absolute Gasteiger partial charge is 0.316 e. The summed E-state index contributed by atoms with van der Waals surface area (Å²) < 4.78 is 1.21. The molecule has 1 aliphatic heterocycles. The van der Waals surface area contributed by atoms with Gasteiger partial charge in [0.1, 0.15) is 0 Å². The van der Waals surface area contributed by atoms with Crippen LogP contribution in [-0.4, -0.2) is 13.1 Å². The lowest BCUT2D eigenvalue weighted by Gasteiger charge is -2.34. The Balaban J connectivity index is 2.00. The van der Waals surface area contributed by atoms with E-state index in [0.29, 0.717) is 11.8 Å². The number of hydrogen-bond donors (Lipinski definition) is 1. The summed E-state index contributed by atoms with van der Waals surface area (Å²) in [7, 11) is 0. The second kappa shape index (κ2) is 6.51. The average molecular weight is 365 g/mol. The van der Waals surface area contributed by atoms with Crippen molar-refractivity contribution in [3.05, 3.63) is 68.7 Å². The van der Waals surface area contributed by atoms with Gasteiger partial charge in [0, 0.05) is 22.0 Å². The van der Waals surface area contributed by atoms with Gasteiger partial charge in [0.2, 0.25) is 0 Å². The van der Waals surface area contributed by atoms with Crippen molar-refractivity contribution in [1.82, 2.24) is 5.32 Å². The number of halogens is 2. The van der Waals surface area contributed by atoms with Crippen LogP contribution >= 0.6 is 27.5 Å². The molecule has 0 aliphatic carbocycles. The number of aryl methyl sites for hydroxylation is 1. The first-order valence-corrected chi connectivity index (χ1v) is 8.55. The van der Waals surface area contributed by atoms with E-state index in [1.807, 2.05) is 12.1 Å². The van der Waals surface area contributed by atoms with Gasteiger partial charge in [0.15, 0.2) is 0 Å². The molecule has 2 unspecified atom stereocenters. The van der Waals surface area contributed by atoms with Crippen LogP contribution in [0.3, 0.4) is 0 Å². The minimum Gasteiger partial charge on any atom is -0.316 e. The molecule has 110 valence electrons. The Morgan fingerprint density at radius 3 is 2.67 bits per heavy atom. The first-order valence-electron chi connectivity index (χ1n) is 7.38. The molecular formula is C18H19BrClN. The Bertz CT molecular complexity index is 641. The molecule has 1 fully saturated rings. The number of benzene rings is 2. The lowest BCUT2D eigenvalue weighted by atomic mass is 9.77. The number of nitrogens with one attached hydrogen (secondary N) is 1. The summed E-state index contributed by atoms with van der Waals surface area (Å²) in [5.41, 5.74) is 3.93. The van der Waals surface area contributed by atoms with E-state index in [9.17, 15) is 0 Å². The molecule has 0 radical (unpaired) electrons. The van der Waals surface area contributed by atoms with Crippen LogP contribution in [0.2, 0.25) is 5.02 Å². The normalized spacial score (nSPS) is 22.2. The first-order chi connectivity index (χ1) is 10.2. The van der Waals surface area contributed by atoms with E-state index in [1.165, 1.54) is 21.2 Å². The Labute approximate surface area is 139 Å². The van der Waals surface area contributed by atoms with Gasteiger partial charge >= 0.3 is 0 Å². The van der Waals surface area contributed by atoms with Crippen molar-refractivity contribution >= 4 is 27.5 Å². The van der Waals surface area contributed by atoms with Crippen LogP contribution in [-0.2, 0) is 0 Å². The quantitative estimate of drug-likeness (QED) is 0.765. The highest BCUT2D eigenvalue weighted by molar-refractivity contribution is 9.10. The summed E-state index contributed by atoms with van der Waals surface area (Å²) in [6, 6.07) is 14.9. The zero-order chi connectivity index (χ0) is 14.8. The van der Waals surface area contributed by atoms with Crippen molar-refractivity contribution in [2.45, 2.75) is 25.2 Å². The molecule has 1 saturated heterocycles. The molecule has 2 aromatic rings. The van der Waals surface area contributed by atoms with E-state index in [-0.39, 0.29) is 0 Å². The molecule has 1 heterocycles. The number of piperidine rings is 1. The maximum Gasteiger partial charge on any atom is 0.0441 e. The topological polar surface area (TPSA) is 12.0 Å². The third-order valence-corrected chi connectivity index (χ3v) is 5.37. The fourth-order valence-corrected chi connectivity index (χ4v) is 4.33. The van der Waals surface area contributed by atoms with Crippen LogP contribution in [0.25, 0.3) is 0 Å². The Kier molecular flexibility index (Phi) is 4.68. The summed E-state index contributed by atoms with van der Waals surface area (Å²) in [5, 5.41) is 4.39. The van der Waals surface area contributed by atoms with E-state index in [1.54, 1.807) is 0 Å². The third-order valence-electron chi connectivity index (χ3n) is 4.34. The Morgan fingerprint density at radius 2 is 1.90 bits per heavy atom. The third kappa shape index (κ3) is 3.18. The minimum absolute atomic E-state index is 0.423. The van der Waals surface area contributed by atoms with Crippen molar-refractivity contribution in [2.24, 2.45) is 0 Å². The zero-order valence-electron chi connectivity index (χ0n) is 12.1. The summed E-state index contributed by atoms with van der Waals surface area (Å²) in [6.45, 7) is 4.17. The molecule has 3 heteroatoms. The summed E-state index contributed by atoms with van der Waals surface area (Å²) >= 11 is 10.2. The molecule has 0 saturated carbocycles. The molecule has 0 aromatic heterocycles. The van der Waals surface area contributed by atoms with E-state index < -0.39 is 0 Å². The molecule has 21 heavy (non-hydrogen) atoms. The molecule has 1 N–H and O–H groups in total. The average Bonchev–Trinajstić information content (AvgIpc) is 2.48. The van der Waals surface area contributed by atoms with Gasteiger partial charge in [-0.05, 0) is 54.6 Å². The van der Waals surface area contributed by atoms with Gasteiger partial charge < -0.3 is 5.32 Å². The van der Waals surface area contributed by atoms with Crippen LogP contribution < -0.4 is 5.32 Å². The fourth-order valence-electron chi connectivity index (χ4n) is 3.27. The van der Waals surface area contributed by atoms with Gasteiger partial charge in [-0.15, -0.1) is 0 Å². The predicted octanol–water partition coefficient (Wildman–Crippen LogP) is 5.27. The lowest BCUT2D eigenvalue weighted by Crippen LogP contribution is -2.34. The maximum absolute atomic E-state index is 6.44. The molecule has 3 rings (SSSR count). The number of rotatable bonds is 2. The molecular weight excluding hydrogens is 346 g/mol. The number of hydrogen-bond acceptors (Lipinski definition) is 1. The van der Waals surface area contributed by atoms with Crippen molar-refractivity contribution in [1.29, 1.82) is 0 Å². The predicted molar refractivity (Wildman–Crippen MR) is 93.3 cm³/mol. The highest BCUT2D eigenvalue weighted by Crippen LogP contribution is 2.42. The zero-order valence-corrected chi connectivity index (χ0v) is 14.4. The lowest BCUT2D eigenvalue weighted by molar-refractivity contribution is 0.403. The van der Waals surface area contributed by atoms with Crippen LogP contribution in [0.5, 0.6) is 0 Å². The maximum atomic E-state index is 6.44. The van der Waals surface area contributed by atoms with Gasteiger partial charge in [0.05, 0.1) is 0 Å². The van der Waals surface area contributed by atoms with Crippen molar-refractivity contribution in [3.63, 3.8) is 0 Å². The van der Waals surface area contributed by atoms with Gasteiger partial charge in [-0.25, -0.2) is 0 Å². The molecule has 0 amide bonds. The molecule has 0 bridgehead atoms. The minimum atomic E-state index is 0.423. The standard InChI is InChI=1S/C18H19BrClN/c1-12-6-7-14(17(19)10-12)13-8-9-21-11-16(13)15-4-2-3-5-18(15)20/h2-7,10,13,16,21H,8-9,11H2,1H3. The molecule has 2 aromatic carbocycles. The second-order valence-corrected chi connectivity index (χ2v) is 7.01. The molecule has 0 spiro atoms. The highest BCUT2D eigenvalue weighted by atomic mass is 79.9. The van der Waals surface area contributed by atoms with E-state index in [2.05, 4.69) is 58.5 Å². The van der Waals surface area contributed by atoms with Crippen molar-refractivity contribution in [2.75, 3.05) is 13.1 Å². The SMILES string of the molecule is Cc1ccc(C2CCNCC2c2ccccc2Cl)c(Br)c1. The Hall–Kier alpha value is -0.830. The van der Waals surface area contributed by atoms with E-state index in [4.69, 9.17) is 11.6 Å². The van der Waals surface area contributed by atoms with Gasteiger partial charge in [-0.1, -0.05) is 57.9 Å². The van der Waals surface area contributed by atoms with Crippen LogP contribution in [0.1, 0.15) is 34.9 Å². The molecule has 1 nitrogen and oxygen atoms in total. The second-order valence-electron chi connectivity index (χ2n) is 5.75. The van der Waals surface area contributed by atoms with Crippen LogP contribution in [0, 0.1) is 6.92 Å². The highest BCUT2D eigenvalue weighted by Gasteiger charge is 2.30. The van der Waals surface area contributed by atoms with Crippen molar-refractivity contribution < 1.29 is 0 Å². The van der Waals surface area contributed by atoms with Crippen LogP contribution in [0.4, 0.5) is 0 Å². The van der Waals surface area contributed by atoms with Crippen LogP contribution in [0.15, 0.2) is 46.9 Å². The molecule has 2 atom stereocenters. The first kappa shape index (κ1) is 15.1. The summed E-state index contributed by atoms with van der Waals surface area (Å²) in [6.07, 6.45) is 1.14. The molecule has 1 aliphatic rings. The monoisotopic (exact) mass is 363 g/mol. The van der Waals surface area contributed by atoms with Crippen molar-refractivity contribution in [3.8, 4) is 0 Å². The Morgan fingerprint density at radius 1 is 1.10 bits per heavy atom. The fraction of sp³-hybridized carbons (Fsp3) is 0.333. The van der Waals surface area contributed by atoms with Gasteiger partial charge in [-0.3, -0.25) is 0 Å². The van der Waals surface area contributed by atoms with E-state index in [0.717, 1.165) is 24.5 Å². The van der Waals surface area contributed by atoms with Gasteiger partial charge in [0.25, 0.3) is 0 Å². The smallest absolute Gasteiger partial charge is 0.0441 e. The van der Waals surface area contributed by atoms with E-state index >= 15 is 0 Å².